The second kappa shape index (κ2) is 6.84. The molecule has 3 aromatic rings. The van der Waals surface area contributed by atoms with Crippen LogP contribution in [0.15, 0.2) is 72.8 Å². The summed E-state index contributed by atoms with van der Waals surface area (Å²) in [4.78, 5) is 0. The molecule has 0 spiro atoms. The second-order valence-corrected chi connectivity index (χ2v) is 6.01. The molecule has 1 aliphatic rings. The van der Waals surface area contributed by atoms with E-state index >= 15 is 0 Å². The topological polar surface area (TPSA) is 53.7 Å². The second-order valence-electron chi connectivity index (χ2n) is 6.01. The van der Waals surface area contributed by atoms with E-state index in [1.807, 2.05) is 48.5 Å². The minimum atomic E-state index is -0.0762. The van der Waals surface area contributed by atoms with E-state index in [1.165, 1.54) is 0 Å². The number of benzene rings is 3. The number of fused-ring (bicyclic) bond motifs is 1. The maximum atomic E-state index is 6.09. The molecule has 3 aromatic carbocycles. The van der Waals surface area contributed by atoms with Gasteiger partial charge in [0.05, 0.1) is 12.8 Å². The minimum Gasteiger partial charge on any atom is -0.497 e. The molecule has 0 radical (unpaired) electrons. The average Bonchev–Trinajstić information content (AvgIpc) is 2.69. The van der Waals surface area contributed by atoms with Crippen molar-refractivity contribution < 1.29 is 14.2 Å². The predicted octanol–water partition coefficient (Wildman–Crippen LogP) is 5.22. The van der Waals surface area contributed by atoms with E-state index in [9.17, 15) is 0 Å². The van der Waals surface area contributed by atoms with Crippen LogP contribution in [0.25, 0.3) is 6.08 Å². The summed E-state index contributed by atoms with van der Waals surface area (Å²) < 4.78 is 17.2. The molecule has 1 heterocycles. The van der Waals surface area contributed by atoms with Gasteiger partial charge in [0.15, 0.2) is 5.75 Å². The Morgan fingerprint density at radius 1 is 0.923 bits per heavy atom. The SMILES string of the molecule is COc1ccc(Oc2ccc3c(c2)C=CC(c2ccccc2)O3)c(N)c1. The summed E-state index contributed by atoms with van der Waals surface area (Å²) in [5.41, 5.74) is 8.65. The molecule has 1 unspecified atom stereocenters. The number of anilines is 1. The third kappa shape index (κ3) is 3.22. The van der Waals surface area contributed by atoms with Crippen LogP contribution in [0.4, 0.5) is 5.69 Å². The maximum Gasteiger partial charge on any atom is 0.150 e. The minimum absolute atomic E-state index is 0.0762. The zero-order chi connectivity index (χ0) is 17.9. The zero-order valence-corrected chi connectivity index (χ0v) is 14.4. The van der Waals surface area contributed by atoms with E-state index in [-0.39, 0.29) is 6.10 Å². The van der Waals surface area contributed by atoms with Crippen LogP contribution in [0.3, 0.4) is 0 Å². The fourth-order valence-corrected chi connectivity index (χ4v) is 2.89. The fraction of sp³-hybridized carbons (Fsp3) is 0.0909. The first-order valence-electron chi connectivity index (χ1n) is 8.38. The Kier molecular flexibility index (Phi) is 4.23. The summed E-state index contributed by atoms with van der Waals surface area (Å²) >= 11 is 0. The first-order valence-corrected chi connectivity index (χ1v) is 8.38. The van der Waals surface area contributed by atoms with Crippen LogP contribution in [0, 0.1) is 0 Å². The molecule has 0 amide bonds. The van der Waals surface area contributed by atoms with Crippen molar-refractivity contribution >= 4 is 11.8 Å². The van der Waals surface area contributed by atoms with E-state index in [0.29, 0.717) is 22.9 Å². The Hall–Kier alpha value is -3.40. The first kappa shape index (κ1) is 16.1. The van der Waals surface area contributed by atoms with Gasteiger partial charge in [-0.05, 0) is 42.0 Å². The van der Waals surface area contributed by atoms with E-state index in [0.717, 1.165) is 16.9 Å². The highest BCUT2D eigenvalue weighted by atomic mass is 16.5. The Labute approximate surface area is 152 Å². The molecule has 0 aliphatic carbocycles. The smallest absolute Gasteiger partial charge is 0.150 e. The molecular formula is C22H19NO3. The largest absolute Gasteiger partial charge is 0.497 e. The number of hydrogen-bond acceptors (Lipinski definition) is 4. The third-order valence-electron chi connectivity index (χ3n) is 4.26. The summed E-state index contributed by atoms with van der Waals surface area (Å²) in [6, 6.07) is 21.2. The molecule has 130 valence electrons. The number of methoxy groups -OCH3 is 1. The molecule has 4 heteroatoms. The lowest BCUT2D eigenvalue weighted by atomic mass is 10.0. The fourth-order valence-electron chi connectivity index (χ4n) is 2.89. The number of ether oxygens (including phenoxy) is 3. The molecule has 26 heavy (non-hydrogen) atoms. The normalized spacial score (nSPS) is 15.0. The van der Waals surface area contributed by atoms with Crippen LogP contribution in [-0.4, -0.2) is 7.11 Å². The first-order chi connectivity index (χ1) is 12.7. The lowest BCUT2D eigenvalue weighted by Crippen LogP contribution is -2.08. The summed E-state index contributed by atoms with van der Waals surface area (Å²) in [6.07, 6.45) is 4.02. The summed E-state index contributed by atoms with van der Waals surface area (Å²) in [5.74, 6) is 2.82. The van der Waals surface area contributed by atoms with Crippen molar-refractivity contribution in [2.45, 2.75) is 6.10 Å². The molecule has 0 saturated heterocycles. The van der Waals surface area contributed by atoms with E-state index < -0.39 is 0 Å². The number of nitrogens with two attached hydrogens (primary N) is 1. The van der Waals surface area contributed by atoms with Gasteiger partial charge in [-0.2, -0.15) is 0 Å². The molecule has 0 bridgehead atoms. The van der Waals surface area contributed by atoms with Crippen LogP contribution in [0.1, 0.15) is 17.2 Å². The van der Waals surface area contributed by atoms with Crippen LogP contribution in [0.2, 0.25) is 0 Å². The molecule has 0 fully saturated rings. The van der Waals surface area contributed by atoms with Crippen molar-refractivity contribution in [1.82, 2.24) is 0 Å². The molecule has 4 rings (SSSR count). The highest BCUT2D eigenvalue weighted by molar-refractivity contribution is 5.64. The van der Waals surface area contributed by atoms with Gasteiger partial charge in [0.2, 0.25) is 0 Å². The number of nitrogen functional groups attached to an aromatic ring is 1. The summed E-state index contributed by atoms with van der Waals surface area (Å²) in [5, 5.41) is 0. The van der Waals surface area contributed by atoms with Crippen LogP contribution in [-0.2, 0) is 0 Å². The molecule has 1 atom stereocenters. The maximum absolute atomic E-state index is 6.09. The quantitative estimate of drug-likeness (QED) is 0.659. The third-order valence-corrected chi connectivity index (χ3v) is 4.26. The van der Waals surface area contributed by atoms with E-state index in [4.69, 9.17) is 19.9 Å². The van der Waals surface area contributed by atoms with Crippen LogP contribution in [0.5, 0.6) is 23.0 Å². The monoisotopic (exact) mass is 345 g/mol. The highest BCUT2D eigenvalue weighted by Gasteiger charge is 2.17. The standard InChI is InChI=1S/C22H19NO3/c1-24-17-8-12-22(19(23)14-17)25-18-9-11-21-16(13-18)7-10-20(26-21)15-5-3-2-4-6-15/h2-14,20H,23H2,1H3. The van der Waals surface area contributed by atoms with Crippen molar-refractivity contribution in [3.8, 4) is 23.0 Å². The predicted molar refractivity (Wildman–Crippen MR) is 103 cm³/mol. The molecule has 4 nitrogen and oxygen atoms in total. The Balaban J connectivity index is 1.55. The van der Waals surface area contributed by atoms with Crippen molar-refractivity contribution in [3.63, 3.8) is 0 Å². The van der Waals surface area contributed by atoms with Gasteiger partial charge < -0.3 is 19.9 Å². The Morgan fingerprint density at radius 2 is 1.73 bits per heavy atom. The van der Waals surface area contributed by atoms with Gasteiger partial charge in [-0.15, -0.1) is 0 Å². The van der Waals surface area contributed by atoms with Crippen molar-refractivity contribution in [2.24, 2.45) is 0 Å². The van der Waals surface area contributed by atoms with Gasteiger partial charge in [-0.25, -0.2) is 0 Å². The lowest BCUT2D eigenvalue weighted by Gasteiger charge is -2.22. The Morgan fingerprint density at radius 3 is 2.50 bits per heavy atom. The number of hydrogen-bond donors (Lipinski definition) is 1. The van der Waals surface area contributed by atoms with Gasteiger partial charge in [0.25, 0.3) is 0 Å². The lowest BCUT2D eigenvalue weighted by molar-refractivity contribution is 0.251. The number of rotatable bonds is 4. The molecule has 2 N–H and O–H groups in total. The van der Waals surface area contributed by atoms with Gasteiger partial charge >= 0.3 is 0 Å². The Bertz CT molecular complexity index is 951. The van der Waals surface area contributed by atoms with Gasteiger partial charge in [-0.3, -0.25) is 0 Å². The summed E-state index contributed by atoms with van der Waals surface area (Å²) in [7, 11) is 1.60. The highest BCUT2D eigenvalue weighted by Crippen LogP contribution is 2.37. The summed E-state index contributed by atoms with van der Waals surface area (Å²) in [6.45, 7) is 0. The van der Waals surface area contributed by atoms with Gasteiger partial charge in [0, 0.05) is 11.6 Å². The van der Waals surface area contributed by atoms with E-state index in [2.05, 4.69) is 18.2 Å². The van der Waals surface area contributed by atoms with Crippen LogP contribution < -0.4 is 19.9 Å². The molecule has 0 saturated carbocycles. The van der Waals surface area contributed by atoms with Crippen molar-refractivity contribution in [1.29, 1.82) is 0 Å². The molecule has 0 aromatic heterocycles. The van der Waals surface area contributed by atoms with E-state index in [1.54, 1.807) is 19.2 Å². The van der Waals surface area contributed by atoms with Crippen molar-refractivity contribution in [2.75, 3.05) is 12.8 Å². The molecular weight excluding hydrogens is 326 g/mol. The zero-order valence-electron chi connectivity index (χ0n) is 14.4. The van der Waals surface area contributed by atoms with Crippen LogP contribution >= 0.6 is 0 Å². The van der Waals surface area contributed by atoms with Crippen molar-refractivity contribution in [3.05, 3.63) is 83.9 Å². The van der Waals surface area contributed by atoms with Gasteiger partial charge in [-0.1, -0.05) is 36.4 Å². The average molecular weight is 345 g/mol. The van der Waals surface area contributed by atoms with Gasteiger partial charge in [0.1, 0.15) is 23.4 Å². The molecule has 1 aliphatic heterocycles.